The van der Waals surface area contributed by atoms with E-state index in [0.717, 1.165) is 33.6 Å². The maximum Gasteiger partial charge on any atom is 0.254 e. The van der Waals surface area contributed by atoms with E-state index in [0.29, 0.717) is 23.4 Å². The smallest absolute Gasteiger partial charge is 0.254 e. The molecule has 0 radical (unpaired) electrons. The van der Waals surface area contributed by atoms with Crippen molar-refractivity contribution in [3.05, 3.63) is 95.1 Å². The first-order valence-corrected chi connectivity index (χ1v) is 12.3. The van der Waals surface area contributed by atoms with Crippen LogP contribution in [0.1, 0.15) is 53.9 Å². The van der Waals surface area contributed by atoms with Crippen molar-refractivity contribution in [3.63, 3.8) is 0 Å². The summed E-state index contributed by atoms with van der Waals surface area (Å²) in [5, 5.41) is 5.99. The second kappa shape index (κ2) is 9.32. The average Bonchev–Trinajstić information content (AvgIpc) is 3.23. The zero-order chi connectivity index (χ0) is 26.3. The number of halogens is 1. The number of fused-ring (bicyclic) bond motifs is 1. The van der Waals surface area contributed by atoms with Gasteiger partial charge in [0.1, 0.15) is 11.6 Å². The maximum atomic E-state index is 13.3. The summed E-state index contributed by atoms with van der Waals surface area (Å²) in [6, 6.07) is 17.6. The largest absolute Gasteiger partial charge is 0.357 e. The predicted molar refractivity (Wildman–Crippen MR) is 143 cm³/mol. The number of aryl methyl sites for hydroxylation is 1. The van der Waals surface area contributed by atoms with Crippen LogP contribution in [0.25, 0.3) is 22.4 Å². The number of aromatic nitrogens is 2. The van der Waals surface area contributed by atoms with Crippen molar-refractivity contribution in [1.82, 2.24) is 15.3 Å². The molecule has 37 heavy (non-hydrogen) atoms. The number of hydrogen-bond acceptors (Lipinski definition) is 3. The van der Waals surface area contributed by atoms with Crippen molar-refractivity contribution in [2.75, 3.05) is 5.32 Å². The molecule has 3 N–H and O–H groups in total. The minimum atomic E-state index is -0.488. The van der Waals surface area contributed by atoms with Crippen LogP contribution in [0.3, 0.4) is 0 Å². The fraction of sp³-hybridized carbons (Fsp3) is 0.233. The highest BCUT2D eigenvalue weighted by molar-refractivity contribution is 6.07. The summed E-state index contributed by atoms with van der Waals surface area (Å²) in [5.74, 6) is -0.802. The summed E-state index contributed by atoms with van der Waals surface area (Å²) in [7, 11) is 0. The highest BCUT2D eigenvalue weighted by atomic mass is 19.1. The third-order valence-corrected chi connectivity index (χ3v) is 6.78. The van der Waals surface area contributed by atoms with Crippen LogP contribution in [-0.2, 0) is 11.2 Å². The third kappa shape index (κ3) is 4.89. The molecule has 1 aliphatic rings. The highest BCUT2D eigenvalue weighted by Gasteiger charge is 2.35. The van der Waals surface area contributed by atoms with E-state index >= 15 is 0 Å². The molecule has 2 amide bonds. The molecule has 7 heteroatoms. The standard InChI is InChI=1S/C30H29FN4O2/c1-17-5-7-20(8-6-17)25-26-23(16-30(3,4)35-29(26)37)33-27(25)21-13-14-32-24(15-21)34-28(36)18(2)19-9-11-22(31)12-10-19/h5-15,18,33H,16H2,1-4H3,(H,35,37)(H,32,34,36). The number of nitrogens with one attached hydrogen (secondary N) is 3. The molecule has 1 unspecified atom stereocenters. The van der Waals surface area contributed by atoms with Gasteiger partial charge in [-0.3, -0.25) is 9.59 Å². The number of carbonyl (C=O) groups is 2. The number of carbonyl (C=O) groups excluding carboxylic acids is 2. The van der Waals surface area contributed by atoms with E-state index in [1.807, 2.05) is 51.1 Å². The Bertz CT molecular complexity index is 1490. The van der Waals surface area contributed by atoms with Gasteiger partial charge in [-0.2, -0.15) is 0 Å². The predicted octanol–water partition coefficient (Wildman–Crippen LogP) is 6.00. The third-order valence-electron chi connectivity index (χ3n) is 6.78. The molecule has 3 heterocycles. The number of anilines is 1. The zero-order valence-corrected chi connectivity index (χ0v) is 21.3. The van der Waals surface area contributed by atoms with Gasteiger partial charge in [0.25, 0.3) is 5.91 Å². The van der Waals surface area contributed by atoms with Gasteiger partial charge in [0, 0.05) is 35.0 Å². The molecule has 1 atom stereocenters. The summed E-state index contributed by atoms with van der Waals surface area (Å²) in [6.07, 6.45) is 2.30. The van der Waals surface area contributed by atoms with Crippen molar-refractivity contribution >= 4 is 17.6 Å². The average molecular weight is 497 g/mol. The molecule has 0 spiro atoms. The Morgan fingerprint density at radius 2 is 1.73 bits per heavy atom. The van der Waals surface area contributed by atoms with Gasteiger partial charge in [0.05, 0.1) is 17.2 Å². The van der Waals surface area contributed by atoms with Crippen LogP contribution in [0.4, 0.5) is 10.2 Å². The lowest BCUT2D eigenvalue weighted by Gasteiger charge is -2.30. The van der Waals surface area contributed by atoms with E-state index in [-0.39, 0.29) is 23.2 Å². The van der Waals surface area contributed by atoms with E-state index in [9.17, 15) is 14.0 Å². The molecular formula is C30H29FN4O2. The lowest BCUT2D eigenvalue weighted by Crippen LogP contribution is -2.49. The van der Waals surface area contributed by atoms with Crippen LogP contribution in [-0.4, -0.2) is 27.3 Å². The zero-order valence-electron chi connectivity index (χ0n) is 21.3. The number of aromatic amines is 1. The topological polar surface area (TPSA) is 86.9 Å². The molecule has 0 aliphatic carbocycles. The number of nitrogens with zero attached hydrogens (tertiary/aromatic N) is 1. The molecular weight excluding hydrogens is 467 g/mol. The quantitative estimate of drug-likeness (QED) is 0.317. The first-order chi connectivity index (χ1) is 17.6. The minimum Gasteiger partial charge on any atom is -0.357 e. The summed E-state index contributed by atoms with van der Waals surface area (Å²) in [5.41, 5.74) is 6.35. The number of hydrogen-bond donors (Lipinski definition) is 3. The Balaban J connectivity index is 1.53. The van der Waals surface area contributed by atoms with E-state index in [4.69, 9.17) is 0 Å². The molecule has 0 fully saturated rings. The Hall–Kier alpha value is -4.26. The van der Waals surface area contributed by atoms with E-state index < -0.39 is 5.92 Å². The SMILES string of the molecule is Cc1ccc(-c2c(-c3ccnc(NC(=O)C(C)c4ccc(F)cc4)c3)[nH]c3c2C(=O)NC(C)(C)C3)cc1. The number of pyridine rings is 1. The van der Waals surface area contributed by atoms with Crippen molar-refractivity contribution in [2.24, 2.45) is 0 Å². The molecule has 0 saturated heterocycles. The van der Waals surface area contributed by atoms with Crippen LogP contribution in [0.2, 0.25) is 0 Å². The molecule has 4 aromatic rings. The summed E-state index contributed by atoms with van der Waals surface area (Å²) < 4.78 is 13.3. The summed E-state index contributed by atoms with van der Waals surface area (Å²) in [4.78, 5) is 34.0. The van der Waals surface area contributed by atoms with Gasteiger partial charge in [-0.25, -0.2) is 9.37 Å². The van der Waals surface area contributed by atoms with Gasteiger partial charge < -0.3 is 15.6 Å². The Labute approximate surface area is 215 Å². The van der Waals surface area contributed by atoms with E-state index in [1.165, 1.54) is 12.1 Å². The van der Waals surface area contributed by atoms with Gasteiger partial charge in [-0.1, -0.05) is 42.0 Å². The second-order valence-corrected chi connectivity index (χ2v) is 10.3. The molecule has 6 nitrogen and oxygen atoms in total. The molecule has 5 rings (SSSR count). The maximum absolute atomic E-state index is 13.3. The lowest BCUT2D eigenvalue weighted by molar-refractivity contribution is -0.117. The van der Waals surface area contributed by atoms with E-state index in [1.54, 1.807) is 31.3 Å². The number of H-pyrrole nitrogens is 1. The highest BCUT2D eigenvalue weighted by Crippen LogP contribution is 2.40. The summed E-state index contributed by atoms with van der Waals surface area (Å²) >= 11 is 0. The Morgan fingerprint density at radius 3 is 2.43 bits per heavy atom. The molecule has 2 aromatic heterocycles. The van der Waals surface area contributed by atoms with Crippen molar-refractivity contribution < 1.29 is 14.0 Å². The number of amides is 2. The minimum absolute atomic E-state index is 0.111. The number of rotatable bonds is 5. The molecule has 0 saturated carbocycles. The monoisotopic (exact) mass is 496 g/mol. The van der Waals surface area contributed by atoms with Crippen molar-refractivity contribution in [2.45, 2.75) is 45.6 Å². The summed E-state index contributed by atoms with van der Waals surface area (Å²) in [6.45, 7) is 7.79. The molecule has 188 valence electrons. The fourth-order valence-corrected chi connectivity index (χ4v) is 4.81. The molecule has 0 bridgehead atoms. The fourth-order valence-electron chi connectivity index (χ4n) is 4.81. The Kier molecular flexibility index (Phi) is 6.15. The van der Waals surface area contributed by atoms with Crippen LogP contribution < -0.4 is 10.6 Å². The van der Waals surface area contributed by atoms with Gasteiger partial charge in [-0.15, -0.1) is 0 Å². The lowest BCUT2D eigenvalue weighted by atomic mass is 9.88. The van der Waals surface area contributed by atoms with Gasteiger partial charge in [0.2, 0.25) is 5.91 Å². The molecule has 1 aliphatic heterocycles. The van der Waals surface area contributed by atoms with Crippen LogP contribution in [0.5, 0.6) is 0 Å². The number of benzene rings is 2. The Morgan fingerprint density at radius 1 is 1.03 bits per heavy atom. The van der Waals surface area contributed by atoms with Gasteiger partial charge in [-0.05, 0) is 63.1 Å². The van der Waals surface area contributed by atoms with Gasteiger partial charge >= 0.3 is 0 Å². The molecule has 2 aromatic carbocycles. The van der Waals surface area contributed by atoms with Crippen molar-refractivity contribution in [3.8, 4) is 22.4 Å². The van der Waals surface area contributed by atoms with E-state index in [2.05, 4.69) is 20.6 Å². The van der Waals surface area contributed by atoms with Gasteiger partial charge in [0.15, 0.2) is 0 Å². The van der Waals surface area contributed by atoms with Crippen molar-refractivity contribution in [1.29, 1.82) is 0 Å². The van der Waals surface area contributed by atoms with Crippen LogP contribution >= 0.6 is 0 Å². The first kappa shape index (κ1) is 24.4. The second-order valence-electron chi connectivity index (χ2n) is 10.3. The normalized spacial score (nSPS) is 15.0. The van der Waals surface area contributed by atoms with Crippen LogP contribution in [0, 0.1) is 12.7 Å². The first-order valence-electron chi connectivity index (χ1n) is 12.3. The van der Waals surface area contributed by atoms with Crippen LogP contribution in [0.15, 0.2) is 66.9 Å².